The highest BCUT2D eigenvalue weighted by Crippen LogP contribution is 2.16. The molecule has 0 saturated carbocycles. The molecule has 0 atom stereocenters. The minimum absolute atomic E-state index is 0.0180. The normalized spacial score (nSPS) is 10.2. The SMILES string of the molecule is CN(C)c1ccc(NC(=O)CCc2ccc(N)cc2)cc1. The lowest BCUT2D eigenvalue weighted by atomic mass is 10.1. The molecule has 0 heterocycles. The number of hydrogen-bond acceptors (Lipinski definition) is 3. The summed E-state index contributed by atoms with van der Waals surface area (Å²) in [5.41, 5.74) is 9.42. The van der Waals surface area contributed by atoms with Crippen LogP contribution in [0.3, 0.4) is 0 Å². The number of nitrogen functional groups attached to an aromatic ring is 1. The summed E-state index contributed by atoms with van der Waals surface area (Å²) in [6.45, 7) is 0. The molecular formula is C17H21N3O. The highest BCUT2D eigenvalue weighted by Gasteiger charge is 2.04. The molecule has 0 radical (unpaired) electrons. The molecule has 1 amide bonds. The summed E-state index contributed by atoms with van der Waals surface area (Å²) >= 11 is 0. The third kappa shape index (κ3) is 4.53. The van der Waals surface area contributed by atoms with Crippen molar-refractivity contribution in [1.82, 2.24) is 0 Å². The molecule has 0 aliphatic carbocycles. The van der Waals surface area contributed by atoms with Gasteiger partial charge in [-0.25, -0.2) is 0 Å². The summed E-state index contributed by atoms with van der Waals surface area (Å²) in [5, 5.41) is 2.91. The van der Waals surface area contributed by atoms with Gasteiger partial charge in [0, 0.05) is 37.6 Å². The van der Waals surface area contributed by atoms with Crippen molar-refractivity contribution in [3.63, 3.8) is 0 Å². The maximum atomic E-state index is 11.9. The zero-order valence-electron chi connectivity index (χ0n) is 12.5. The fraction of sp³-hybridized carbons (Fsp3) is 0.235. The average Bonchev–Trinajstić information content (AvgIpc) is 2.47. The Morgan fingerprint density at radius 2 is 1.67 bits per heavy atom. The van der Waals surface area contributed by atoms with Crippen LogP contribution in [0, 0.1) is 0 Å². The van der Waals surface area contributed by atoms with Gasteiger partial charge < -0.3 is 16.0 Å². The summed E-state index contributed by atoms with van der Waals surface area (Å²) in [7, 11) is 3.97. The molecule has 2 aromatic rings. The number of aryl methyl sites for hydroxylation is 1. The van der Waals surface area contributed by atoms with Gasteiger partial charge in [-0.3, -0.25) is 4.79 Å². The van der Waals surface area contributed by atoms with Gasteiger partial charge in [0.15, 0.2) is 0 Å². The third-order valence-corrected chi connectivity index (χ3v) is 3.29. The molecule has 0 bridgehead atoms. The quantitative estimate of drug-likeness (QED) is 0.830. The number of nitrogens with two attached hydrogens (primary N) is 1. The number of benzene rings is 2. The Bertz CT molecular complexity index is 588. The van der Waals surface area contributed by atoms with Crippen molar-refractivity contribution in [1.29, 1.82) is 0 Å². The van der Waals surface area contributed by atoms with Gasteiger partial charge in [-0.15, -0.1) is 0 Å². The molecule has 3 N–H and O–H groups in total. The van der Waals surface area contributed by atoms with E-state index in [4.69, 9.17) is 5.73 Å². The van der Waals surface area contributed by atoms with Crippen LogP contribution in [0.15, 0.2) is 48.5 Å². The lowest BCUT2D eigenvalue weighted by Crippen LogP contribution is -2.13. The van der Waals surface area contributed by atoms with Crippen LogP contribution in [-0.2, 0) is 11.2 Å². The van der Waals surface area contributed by atoms with E-state index in [-0.39, 0.29) is 5.91 Å². The summed E-state index contributed by atoms with van der Waals surface area (Å²) in [4.78, 5) is 13.9. The fourth-order valence-electron chi connectivity index (χ4n) is 2.01. The lowest BCUT2D eigenvalue weighted by Gasteiger charge is -2.13. The molecule has 0 fully saturated rings. The molecular weight excluding hydrogens is 262 g/mol. The van der Waals surface area contributed by atoms with Crippen LogP contribution in [0.1, 0.15) is 12.0 Å². The van der Waals surface area contributed by atoms with Gasteiger partial charge in [0.2, 0.25) is 5.91 Å². The molecule has 0 aliphatic heterocycles. The number of rotatable bonds is 5. The number of nitrogens with zero attached hydrogens (tertiary/aromatic N) is 1. The standard InChI is InChI=1S/C17H21N3O/c1-20(2)16-10-8-15(9-11-16)19-17(21)12-5-13-3-6-14(18)7-4-13/h3-4,6-11H,5,12,18H2,1-2H3,(H,19,21). The predicted octanol–water partition coefficient (Wildman–Crippen LogP) is 2.91. The van der Waals surface area contributed by atoms with Gasteiger partial charge in [0.1, 0.15) is 0 Å². The maximum absolute atomic E-state index is 11.9. The van der Waals surface area contributed by atoms with Crippen LogP contribution in [0.2, 0.25) is 0 Å². The molecule has 0 saturated heterocycles. The van der Waals surface area contributed by atoms with E-state index in [1.165, 1.54) is 0 Å². The molecule has 110 valence electrons. The first-order valence-corrected chi connectivity index (χ1v) is 6.96. The van der Waals surface area contributed by atoms with Gasteiger partial charge in [0.05, 0.1) is 0 Å². The smallest absolute Gasteiger partial charge is 0.224 e. The van der Waals surface area contributed by atoms with Crippen LogP contribution < -0.4 is 16.0 Å². The van der Waals surface area contributed by atoms with E-state index in [0.29, 0.717) is 12.8 Å². The van der Waals surface area contributed by atoms with Crippen LogP contribution in [0.5, 0.6) is 0 Å². The van der Waals surface area contributed by atoms with E-state index < -0.39 is 0 Å². The van der Waals surface area contributed by atoms with E-state index in [0.717, 1.165) is 22.6 Å². The third-order valence-electron chi connectivity index (χ3n) is 3.29. The van der Waals surface area contributed by atoms with Gasteiger partial charge in [0.25, 0.3) is 0 Å². The van der Waals surface area contributed by atoms with Gasteiger partial charge in [-0.05, 0) is 48.4 Å². The highest BCUT2D eigenvalue weighted by atomic mass is 16.1. The van der Waals surface area contributed by atoms with Crippen molar-refractivity contribution in [3.8, 4) is 0 Å². The van der Waals surface area contributed by atoms with Crippen LogP contribution >= 0.6 is 0 Å². The molecule has 0 unspecified atom stereocenters. The first-order chi connectivity index (χ1) is 10.0. The summed E-state index contributed by atoms with van der Waals surface area (Å²) in [6, 6.07) is 15.4. The minimum atomic E-state index is 0.0180. The zero-order chi connectivity index (χ0) is 15.2. The monoisotopic (exact) mass is 283 g/mol. The molecule has 4 nitrogen and oxygen atoms in total. The second kappa shape index (κ2) is 6.79. The number of carbonyl (C=O) groups excluding carboxylic acids is 1. The first kappa shape index (κ1) is 14.9. The number of hydrogen-bond donors (Lipinski definition) is 2. The summed E-state index contributed by atoms with van der Waals surface area (Å²) in [5.74, 6) is 0.0180. The minimum Gasteiger partial charge on any atom is -0.399 e. The fourth-order valence-corrected chi connectivity index (χ4v) is 2.01. The Morgan fingerprint density at radius 3 is 2.24 bits per heavy atom. The van der Waals surface area contributed by atoms with Crippen molar-refractivity contribution in [2.45, 2.75) is 12.8 Å². The number of amides is 1. The largest absolute Gasteiger partial charge is 0.399 e. The van der Waals surface area contributed by atoms with E-state index in [9.17, 15) is 4.79 Å². The van der Waals surface area contributed by atoms with Crippen molar-refractivity contribution in [3.05, 3.63) is 54.1 Å². The maximum Gasteiger partial charge on any atom is 0.224 e. The Labute approximate surface area is 125 Å². The topological polar surface area (TPSA) is 58.4 Å². The van der Waals surface area contributed by atoms with Crippen molar-refractivity contribution >= 4 is 23.0 Å². The Hall–Kier alpha value is -2.49. The van der Waals surface area contributed by atoms with Crippen molar-refractivity contribution in [2.75, 3.05) is 30.0 Å². The Balaban J connectivity index is 1.85. The van der Waals surface area contributed by atoms with Crippen molar-refractivity contribution in [2.24, 2.45) is 0 Å². The molecule has 0 spiro atoms. The highest BCUT2D eigenvalue weighted by molar-refractivity contribution is 5.91. The van der Waals surface area contributed by atoms with E-state index in [2.05, 4.69) is 5.32 Å². The number of anilines is 3. The van der Waals surface area contributed by atoms with Crippen LogP contribution in [0.4, 0.5) is 17.1 Å². The Morgan fingerprint density at radius 1 is 1.05 bits per heavy atom. The van der Waals surface area contributed by atoms with E-state index in [1.807, 2.05) is 67.5 Å². The molecule has 2 rings (SSSR count). The summed E-state index contributed by atoms with van der Waals surface area (Å²) < 4.78 is 0. The van der Waals surface area contributed by atoms with E-state index >= 15 is 0 Å². The molecule has 0 aliphatic rings. The predicted molar refractivity (Wildman–Crippen MR) is 88.6 cm³/mol. The molecule has 21 heavy (non-hydrogen) atoms. The first-order valence-electron chi connectivity index (χ1n) is 6.96. The van der Waals surface area contributed by atoms with Crippen LogP contribution in [0.25, 0.3) is 0 Å². The molecule has 2 aromatic carbocycles. The summed E-state index contributed by atoms with van der Waals surface area (Å²) in [6.07, 6.45) is 1.17. The van der Waals surface area contributed by atoms with Gasteiger partial charge in [-0.2, -0.15) is 0 Å². The van der Waals surface area contributed by atoms with Crippen molar-refractivity contribution < 1.29 is 4.79 Å². The molecule has 0 aromatic heterocycles. The number of carbonyl (C=O) groups is 1. The van der Waals surface area contributed by atoms with Gasteiger partial charge in [-0.1, -0.05) is 12.1 Å². The van der Waals surface area contributed by atoms with E-state index in [1.54, 1.807) is 0 Å². The average molecular weight is 283 g/mol. The number of nitrogens with one attached hydrogen (secondary N) is 1. The second-order valence-electron chi connectivity index (χ2n) is 5.23. The molecule has 4 heteroatoms. The van der Waals surface area contributed by atoms with Crippen LogP contribution in [-0.4, -0.2) is 20.0 Å². The Kier molecular flexibility index (Phi) is 4.82. The lowest BCUT2D eigenvalue weighted by molar-refractivity contribution is -0.116. The zero-order valence-corrected chi connectivity index (χ0v) is 12.5. The second-order valence-corrected chi connectivity index (χ2v) is 5.23. The van der Waals surface area contributed by atoms with Gasteiger partial charge >= 0.3 is 0 Å².